The number of ether oxygens (including phenoxy) is 2. The fourth-order valence-electron chi connectivity index (χ4n) is 4.71. The van der Waals surface area contributed by atoms with Crippen molar-refractivity contribution in [1.29, 1.82) is 0 Å². The average molecular weight is 400 g/mol. The van der Waals surface area contributed by atoms with Gasteiger partial charge in [0.25, 0.3) is 0 Å². The number of benzene rings is 1. The first-order valence-corrected chi connectivity index (χ1v) is 10.7. The van der Waals surface area contributed by atoms with Crippen LogP contribution in [0.15, 0.2) is 36.1 Å². The number of nitrogens with zero attached hydrogens (tertiary/aromatic N) is 1. The molecule has 1 aromatic carbocycles. The van der Waals surface area contributed by atoms with Gasteiger partial charge in [0.05, 0.1) is 13.2 Å². The Balaban J connectivity index is 2.03. The number of rotatable bonds is 7. The molecule has 3 rings (SSSR count). The molecule has 1 aliphatic carbocycles. The van der Waals surface area contributed by atoms with Gasteiger partial charge in [-0.2, -0.15) is 0 Å². The van der Waals surface area contributed by atoms with E-state index in [0.717, 1.165) is 37.0 Å². The SMILES string of the molecule is COC1=CCc2ccccc2[C@]1(CCC(C)C)C(=O)N1CCC[C@@H]1COC(C)=O. The molecule has 0 saturated carbocycles. The third-order valence-electron chi connectivity index (χ3n) is 6.20. The molecule has 5 nitrogen and oxygen atoms in total. The van der Waals surface area contributed by atoms with Crippen LogP contribution in [0, 0.1) is 5.92 Å². The maximum absolute atomic E-state index is 14.2. The van der Waals surface area contributed by atoms with E-state index in [-0.39, 0.29) is 24.5 Å². The molecule has 0 aromatic heterocycles. The summed E-state index contributed by atoms with van der Waals surface area (Å²) in [6, 6.07) is 8.15. The molecule has 1 aromatic rings. The van der Waals surface area contributed by atoms with Crippen molar-refractivity contribution in [3.05, 3.63) is 47.2 Å². The number of likely N-dealkylation sites (tertiary alicyclic amines) is 1. The zero-order valence-corrected chi connectivity index (χ0v) is 18.1. The van der Waals surface area contributed by atoms with Gasteiger partial charge in [0.1, 0.15) is 17.8 Å². The van der Waals surface area contributed by atoms with Crippen LogP contribution in [0.1, 0.15) is 57.6 Å². The molecule has 0 radical (unpaired) electrons. The summed E-state index contributed by atoms with van der Waals surface area (Å²) in [5, 5.41) is 0. The van der Waals surface area contributed by atoms with E-state index in [1.54, 1.807) is 7.11 Å². The third kappa shape index (κ3) is 4.19. The maximum atomic E-state index is 14.2. The van der Waals surface area contributed by atoms with Crippen LogP contribution in [0.3, 0.4) is 0 Å². The summed E-state index contributed by atoms with van der Waals surface area (Å²) in [6.45, 7) is 6.72. The Morgan fingerprint density at radius 2 is 2.03 bits per heavy atom. The Morgan fingerprint density at radius 1 is 1.28 bits per heavy atom. The molecule has 1 saturated heterocycles. The van der Waals surface area contributed by atoms with Crippen molar-refractivity contribution in [2.75, 3.05) is 20.3 Å². The number of esters is 1. The first-order valence-electron chi connectivity index (χ1n) is 10.7. The van der Waals surface area contributed by atoms with Crippen LogP contribution >= 0.6 is 0 Å². The molecule has 1 fully saturated rings. The number of fused-ring (bicyclic) bond motifs is 1. The van der Waals surface area contributed by atoms with Gasteiger partial charge in [-0.3, -0.25) is 9.59 Å². The summed E-state index contributed by atoms with van der Waals surface area (Å²) in [7, 11) is 1.66. The highest BCUT2D eigenvalue weighted by atomic mass is 16.5. The molecule has 0 N–H and O–H groups in total. The molecule has 1 amide bonds. The van der Waals surface area contributed by atoms with Gasteiger partial charge in [0.2, 0.25) is 5.91 Å². The number of carbonyl (C=O) groups excluding carboxylic acids is 2. The topological polar surface area (TPSA) is 55.8 Å². The second-order valence-corrected chi connectivity index (χ2v) is 8.57. The van der Waals surface area contributed by atoms with Crippen molar-refractivity contribution in [2.45, 2.75) is 64.3 Å². The van der Waals surface area contributed by atoms with Crippen LogP contribution in [0.2, 0.25) is 0 Å². The lowest BCUT2D eigenvalue weighted by Crippen LogP contribution is -2.52. The molecule has 5 heteroatoms. The number of carbonyl (C=O) groups is 2. The lowest BCUT2D eigenvalue weighted by molar-refractivity contribution is -0.147. The Kier molecular flexibility index (Phi) is 6.66. The lowest BCUT2D eigenvalue weighted by Gasteiger charge is -2.42. The number of methoxy groups -OCH3 is 1. The van der Waals surface area contributed by atoms with Gasteiger partial charge in [0.15, 0.2) is 0 Å². The van der Waals surface area contributed by atoms with Gasteiger partial charge >= 0.3 is 5.97 Å². The van der Waals surface area contributed by atoms with Crippen LogP contribution in [0.4, 0.5) is 0 Å². The van der Waals surface area contributed by atoms with Crippen molar-refractivity contribution in [2.24, 2.45) is 5.92 Å². The molecular weight excluding hydrogens is 366 g/mol. The second-order valence-electron chi connectivity index (χ2n) is 8.57. The zero-order chi connectivity index (χ0) is 21.0. The highest BCUT2D eigenvalue weighted by Crippen LogP contribution is 2.45. The minimum Gasteiger partial charge on any atom is -0.500 e. The molecule has 2 atom stereocenters. The Labute approximate surface area is 174 Å². The van der Waals surface area contributed by atoms with E-state index in [9.17, 15) is 9.59 Å². The Hall–Kier alpha value is -2.30. The molecule has 0 bridgehead atoms. The maximum Gasteiger partial charge on any atom is 0.302 e. The summed E-state index contributed by atoms with van der Waals surface area (Å²) in [5.41, 5.74) is 1.43. The first kappa shape index (κ1) is 21.4. The van der Waals surface area contributed by atoms with Crippen molar-refractivity contribution in [1.82, 2.24) is 4.90 Å². The number of allylic oxidation sites excluding steroid dienone is 1. The molecular formula is C24H33NO4. The van der Waals surface area contributed by atoms with Crippen LogP contribution in [-0.2, 0) is 30.9 Å². The Morgan fingerprint density at radius 3 is 2.72 bits per heavy atom. The molecule has 158 valence electrons. The van der Waals surface area contributed by atoms with Gasteiger partial charge < -0.3 is 14.4 Å². The van der Waals surface area contributed by atoms with E-state index in [1.807, 2.05) is 17.0 Å². The van der Waals surface area contributed by atoms with E-state index in [4.69, 9.17) is 9.47 Å². The summed E-state index contributed by atoms with van der Waals surface area (Å²) in [6.07, 6.45) is 6.24. The number of hydrogen-bond donors (Lipinski definition) is 0. The lowest BCUT2D eigenvalue weighted by atomic mass is 9.68. The zero-order valence-electron chi connectivity index (χ0n) is 18.1. The quantitative estimate of drug-likeness (QED) is 0.650. The molecule has 1 heterocycles. The van der Waals surface area contributed by atoms with Crippen LogP contribution in [0.5, 0.6) is 0 Å². The van der Waals surface area contributed by atoms with Crippen LogP contribution in [0.25, 0.3) is 0 Å². The monoisotopic (exact) mass is 399 g/mol. The van der Waals surface area contributed by atoms with Gasteiger partial charge in [-0.05, 0) is 55.2 Å². The summed E-state index contributed by atoms with van der Waals surface area (Å²) >= 11 is 0. The van der Waals surface area contributed by atoms with E-state index in [2.05, 4.69) is 32.1 Å². The predicted molar refractivity (Wildman–Crippen MR) is 112 cm³/mol. The van der Waals surface area contributed by atoms with Crippen molar-refractivity contribution < 1.29 is 19.1 Å². The second kappa shape index (κ2) is 9.02. The molecule has 2 aliphatic rings. The van der Waals surface area contributed by atoms with Crippen molar-refractivity contribution in [3.8, 4) is 0 Å². The summed E-state index contributed by atoms with van der Waals surface area (Å²) in [5.74, 6) is 0.995. The standard InChI is InChI=1S/C24H33NO4/c1-17(2)13-14-24(21-10-6-5-8-19(21)11-12-22(24)28-4)23(27)25-15-7-9-20(25)16-29-18(3)26/h5-6,8,10,12,17,20H,7,9,11,13-16H2,1-4H3/t20-,24+/m1/s1. The number of amides is 1. The highest BCUT2D eigenvalue weighted by Gasteiger charge is 2.51. The molecule has 29 heavy (non-hydrogen) atoms. The largest absolute Gasteiger partial charge is 0.500 e. The van der Waals surface area contributed by atoms with Crippen LogP contribution in [-0.4, -0.2) is 43.1 Å². The molecule has 1 aliphatic heterocycles. The van der Waals surface area contributed by atoms with E-state index in [0.29, 0.717) is 18.9 Å². The summed E-state index contributed by atoms with van der Waals surface area (Å²) < 4.78 is 11.1. The fourth-order valence-corrected chi connectivity index (χ4v) is 4.71. The van der Waals surface area contributed by atoms with E-state index >= 15 is 0 Å². The predicted octanol–water partition coefficient (Wildman–Crippen LogP) is 4.00. The molecule has 0 spiro atoms. The van der Waals surface area contributed by atoms with Gasteiger partial charge in [-0.1, -0.05) is 38.1 Å². The van der Waals surface area contributed by atoms with E-state index < -0.39 is 5.41 Å². The van der Waals surface area contributed by atoms with Gasteiger partial charge in [0, 0.05) is 13.5 Å². The normalized spacial score (nSPS) is 23.6. The first-order chi connectivity index (χ1) is 13.9. The minimum absolute atomic E-state index is 0.0745. The van der Waals surface area contributed by atoms with Gasteiger partial charge in [-0.15, -0.1) is 0 Å². The Bertz CT molecular complexity index is 785. The summed E-state index contributed by atoms with van der Waals surface area (Å²) in [4.78, 5) is 27.4. The van der Waals surface area contributed by atoms with Crippen LogP contribution < -0.4 is 0 Å². The highest BCUT2D eigenvalue weighted by molar-refractivity contribution is 5.93. The third-order valence-corrected chi connectivity index (χ3v) is 6.20. The van der Waals surface area contributed by atoms with E-state index in [1.165, 1.54) is 12.5 Å². The number of hydrogen-bond acceptors (Lipinski definition) is 4. The average Bonchev–Trinajstić information content (AvgIpc) is 3.18. The van der Waals surface area contributed by atoms with Crippen molar-refractivity contribution >= 4 is 11.9 Å². The van der Waals surface area contributed by atoms with Gasteiger partial charge in [-0.25, -0.2) is 0 Å². The smallest absolute Gasteiger partial charge is 0.302 e. The fraction of sp³-hybridized carbons (Fsp3) is 0.583. The van der Waals surface area contributed by atoms with Crippen molar-refractivity contribution in [3.63, 3.8) is 0 Å². The molecule has 0 unspecified atom stereocenters. The minimum atomic E-state index is -0.813.